The molecule has 0 saturated carbocycles. The quantitative estimate of drug-likeness (QED) is 0.240. The van der Waals surface area contributed by atoms with Gasteiger partial charge in [0.15, 0.2) is 0 Å². The van der Waals surface area contributed by atoms with E-state index in [4.69, 9.17) is 0 Å². The van der Waals surface area contributed by atoms with Gasteiger partial charge in [-0.25, -0.2) is 0 Å². The molecule has 0 bridgehead atoms. The van der Waals surface area contributed by atoms with E-state index in [9.17, 15) is 0 Å². The summed E-state index contributed by atoms with van der Waals surface area (Å²) >= 11 is 0. The van der Waals surface area contributed by atoms with Crippen molar-refractivity contribution in [2.75, 3.05) is 4.90 Å². The summed E-state index contributed by atoms with van der Waals surface area (Å²) in [5.41, 5.74) is 11.9. The molecular weight excluding hydrogens is 445 g/mol. The first-order valence-electron chi connectivity index (χ1n) is 13.1. The van der Waals surface area contributed by atoms with Crippen LogP contribution < -0.4 is 21.3 Å². The number of anilines is 3. The van der Waals surface area contributed by atoms with Crippen LogP contribution in [-0.4, -0.2) is 6.71 Å². The van der Waals surface area contributed by atoms with Crippen LogP contribution in [0.2, 0.25) is 0 Å². The van der Waals surface area contributed by atoms with Crippen molar-refractivity contribution in [1.82, 2.24) is 0 Å². The summed E-state index contributed by atoms with van der Waals surface area (Å²) < 4.78 is 0. The maximum atomic E-state index is 2.47. The smallest absolute Gasteiger partial charge is 0.247 e. The molecule has 1 heterocycles. The van der Waals surface area contributed by atoms with Gasteiger partial charge in [-0.05, 0) is 77.5 Å². The molecule has 1 nitrogen and oxygen atoms in total. The molecule has 0 radical (unpaired) electrons. The molecule has 0 unspecified atom stereocenters. The number of nitrogens with zero attached hydrogens (tertiary/aromatic N) is 1. The lowest BCUT2D eigenvalue weighted by Crippen LogP contribution is -2.58. The predicted octanol–water partition coefficient (Wildman–Crippen LogP) is 7.22. The van der Waals surface area contributed by atoms with Crippen molar-refractivity contribution in [1.29, 1.82) is 0 Å². The lowest BCUT2D eigenvalue weighted by molar-refractivity contribution is 1.30. The van der Waals surface area contributed by atoms with E-state index in [-0.39, 0.29) is 6.71 Å². The molecule has 0 amide bonds. The molecule has 0 aromatic heterocycles. The van der Waals surface area contributed by atoms with Crippen molar-refractivity contribution in [3.8, 4) is 0 Å². The van der Waals surface area contributed by atoms with Crippen molar-refractivity contribution < 1.29 is 0 Å². The number of aryl methyl sites for hydroxylation is 3. The van der Waals surface area contributed by atoms with Crippen LogP contribution in [0.1, 0.15) is 16.7 Å². The van der Waals surface area contributed by atoms with Gasteiger partial charge in [0.25, 0.3) is 0 Å². The van der Waals surface area contributed by atoms with Gasteiger partial charge in [0.1, 0.15) is 0 Å². The fourth-order valence-electron chi connectivity index (χ4n) is 6.45. The lowest BCUT2D eigenvalue weighted by Gasteiger charge is -2.38. The molecule has 37 heavy (non-hydrogen) atoms. The summed E-state index contributed by atoms with van der Waals surface area (Å²) in [6, 6.07) is 42.6. The molecule has 0 N–H and O–H groups in total. The highest BCUT2D eigenvalue weighted by molar-refractivity contribution is 6.98. The Kier molecular flexibility index (Phi) is 4.97. The standard InChI is InChI=1S/C35H28BN/c1-23-17-24(2)35(25(3)18-23)36-31-19-26-11-7-9-13-28(26)21-33(31)37(30-15-5-4-6-16-30)34-22-29-14-10-8-12-27(29)20-32(34)36/h4-22H,1-3H3. The lowest BCUT2D eigenvalue weighted by atomic mass is 9.33. The normalized spacial score (nSPS) is 12.6. The van der Waals surface area contributed by atoms with Crippen LogP contribution in [0.4, 0.5) is 17.1 Å². The SMILES string of the molecule is Cc1cc(C)c(B2c3cc4ccccc4cc3N(c3ccccc3)c3cc4ccccc4cc32)c(C)c1. The number of fused-ring (bicyclic) bond motifs is 4. The largest absolute Gasteiger partial charge is 0.311 e. The van der Waals surface area contributed by atoms with Gasteiger partial charge >= 0.3 is 0 Å². The first-order valence-corrected chi connectivity index (χ1v) is 13.1. The Bertz CT molecular complexity index is 1710. The van der Waals surface area contributed by atoms with Gasteiger partial charge in [-0.15, -0.1) is 0 Å². The van der Waals surface area contributed by atoms with E-state index in [1.165, 1.54) is 71.7 Å². The minimum Gasteiger partial charge on any atom is -0.311 e. The van der Waals surface area contributed by atoms with Crippen LogP contribution in [-0.2, 0) is 0 Å². The molecule has 0 saturated heterocycles. The molecule has 6 aromatic carbocycles. The zero-order valence-electron chi connectivity index (χ0n) is 21.5. The Balaban J connectivity index is 1.64. The van der Waals surface area contributed by atoms with Crippen LogP contribution in [0.5, 0.6) is 0 Å². The minimum atomic E-state index is 0.153. The third-order valence-electron chi connectivity index (χ3n) is 7.93. The summed E-state index contributed by atoms with van der Waals surface area (Å²) in [5, 5.41) is 5.10. The van der Waals surface area contributed by atoms with Crippen molar-refractivity contribution >= 4 is 61.7 Å². The minimum absolute atomic E-state index is 0.153. The van der Waals surface area contributed by atoms with Crippen molar-refractivity contribution in [2.24, 2.45) is 0 Å². The van der Waals surface area contributed by atoms with Crippen LogP contribution in [0.25, 0.3) is 21.5 Å². The van der Waals surface area contributed by atoms with Gasteiger partial charge in [-0.1, -0.05) is 113 Å². The van der Waals surface area contributed by atoms with E-state index < -0.39 is 0 Å². The van der Waals surface area contributed by atoms with E-state index >= 15 is 0 Å². The van der Waals surface area contributed by atoms with Crippen molar-refractivity contribution in [3.63, 3.8) is 0 Å². The molecular formula is C35H28BN. The van der Waals surface area contributed by atoms with Gasteiger partial charge in [0, 0.05) is 17.1 Å². The molecule has 7 rings (SSSR count). The maximum Gasteiger partial charge on any atom is 0.247 e. The number of hydrogen-bond acceptors (Lipinski definition) is 1. The van der Waals surface area contributed by atoms with E-state index in [2.05, 4.69) is 141 Å². The average Bonchev–Trinajstić information content (AvgIpc) is 2.91. The summed E-state index contributed by atoms with van der Waals surface area (Å²) in [7, 11) is 0. The summed E-state index contributed by atoms with van der Waals surface area (Å²) in [4.78, 5) is 2.47. The zero-order valence-corrected chi connectivity index (χ0v) is 21.5. The van der Waals surface area contributed by atoms with Crippen molar-refractivity contribution in [3.05, 3.63) is 132 Å². The Morgan fingerprint density at radius 3 is 1.41 bits per heavy atom. The summed E-state index contributed by atoms with van der Waals surface area (Å²) in [5.74, 6) is 0. The molecule has 0 fully saturated rings. The molecule has 0 aliphatic carbocycles. The topological polar surface area (TPSA) is 3.24 Å². The summed E-state index contributed by atoms with van der Waals surface area (Å²) in [6.45, 7) is 6.91. The zero-order chi connectivity index (χ0) is 25.1. The van der Waals surface area contributed by atoms with Crippen LogP contribution in [0, 0.1) is 20.8 Å². The van der Waals surface area contributed by atoms with Crippen LogP contribution in [0.3, 0.4) is 0 Å². The fourth-order valence-corrected chi connectivity index (χ4v) is 6.45. The molecule has 6 aromatic rings. The molecule has 1 aliphatic heterocycles. The van der Waals surface area contributed by atoms with Crippen LogP contribution >= 0.6 is 0 Å². The summed E-state index contributed by atoms with van der Waals surface area (Å²) in [6.07, 6.45) is 0. The first kappa shape index (κ1) is 21.9. The number of hydrogen-bond donors (Lipinski definition) is 0. The van der Waals surface area contributed by atoms with Crippen molar-refractivity contribution in [2.45, 2.75) is 20.8 Å². The Hall–Kier alpha value is -4.30. The first-order chi connectivity index (χ1) is 18.1. The molecule has 1 aliphatic rings. The second-order valence-electron chi connectivity index (χ2n) is 10.4. The third-order valence-corrected chi connectivity index (χ3v) is 7.93. The number of para-hydroxylation sites is 1. The number of rotatable bonds is 2. The molecule has 0 atom stereocenters. The van der Waals surface area contributed by atoms with Gasteiger partial charge in [0.05, 0.1) is 0 Å². The van der Waals surface area contributed by atoms with Gasteiger partial charge in [0.2, 0.25) is 6.71 Å². The average molecular weight is 473 g/mol. The Labute approximate surface area is 219 Å². The van der Waals surface area contributed by atoms with E-state index in [1.807, 2.05) is 0 Å². The van der Waals surface area contributed by atoms with Gasteiger partial charge in [-0.3, -0.25) is 0 Å². The second-order valence-corrected chi connectivity index (χ2v) is 10.4. The highest BCUT2D eigenvalue weighted by Gasteiger charge is 2.37. The predicted molar refractivity (Wildman–Crippen MR) is 161 cm³/mol. The molecule has 2 heteroatoms. The van der Waals surface area contributed by atoms with E-state index in [0.717, 1.165) is 0 Å². The van der Waals surface area contributed by atoms with Gasteiger partial charge < -0.3 is 4.90 Å². The number of benzene rings is 6. The van der Waals surface area contributed by atoms with Gasteiger partial charge in [-0.2, -0.15) is 0 Å². The van der Waals surface area contributed by atoms with Crippen LogP contribution in [0.15, 0.2) is 115 Å². The Morgan fingerprint density at radius 1 is 0.486 bits per heavy atom. The second kappa shape index (κ2) is 8.39. The Morgan fingerprint density at radius 2 is 0.919 bits per heavy atom. The fraction of sp³-hybridized carbons (Fsp3) is 0.0857. The maximum absolute atomic E-state index is 2.47. The van der Waals surface area contributed by atoms with E-state index in [1.54, 1.807) is 0 Å². The monoisotopic (exact) mass is 473 g/mol. The van der Waals surface area contributed by atoms with E-state index in [0.29, 0.717) is 0 Å². The highest BCUT2D eigenvalue weighted by Crippen LogP contribution is 2.39. The third kappa shape index (κ3) is 3.48. The highest BCUT2D eigenvalue weighted by atomic mass is 15.1. The molecule has 176 valence electrons. The molecule has 0 spiro atoms.